The van der Waals surface area contributed by atoms with Crippen LogP contribution in [0.1, 0.15) is 10.4 Å². The highest BCUT2D eigenvalue weighted by atomic mass is 16.5. The molecule has 2 aromatic heterocycles. The van der Waals surface area contributed by atoms with Crippen molar-refractivity contribution in [2.45, 2.75) is 0 Å². The zero-order valence-electron chi connectivity index (χ0n) is 12.7. The number of carbonyl (C=O) groups is 2. The van der Waals surface area contributed by atoms with E-state index in [9.17, 15) is 9.59 Å². The van der Waals surface area contributed by atoms with Gasteiger partial charge in [-0.15, -0.1) is 0 Å². The van der Waals surface area contributed by atoms with E-state index in [1.165, 1.54) is 7.11 Å². The molecule has 0 unspecified atom stereocenters. The first-order valence-corrected chi connectivity index (χ1v) is 7.19. The Morgan fingerprint density at radius 3 is 2.65 bits per heavy atom. The fourth-order valence-corrected chi connectivity index (χ4v) is 2.48. The van der Waals surface area contributed by atoms with Crippen molar-refractivity contribution in [1.29, 1.82) is 0 Å². The molecule has 0 aromatic carbocycles. The second-order valence-electron chi connectivity index (χ2n) is 5.06. The summed E-state index contributed by atoms with van der Waals surface area (Å²) < 4.78 is 5.08. The second-order valence-corrected chi connectivity index (χ2v) is 5.06. The lowest BCUT2D eigenvalue weighted by molar-refractivity contribution is -0.120. The molecule has 1 fully saturated rings. The van der Waals surface area contributed by atoms with Gasteiger partial charge in [-0.3, -0.25) is 14.6 Å². The Hall–Kier alpha value is -2.96. The summed E-state index contributed by atoms with van der Waals surface area (Å²) >= 11 is 0. The quantitative estimate of drug-likeness (QED) is 0.844. The molecule has 7 heteroatoms. The van der Waals surface area contributed by atoms with E-state index in [2.05, 4.69) is 9.97 Å². The lowest BCUT2D eigenvalue weighted by Gasteiger charge is -2.34. The Morgan fingerprint density at radius 2 is 1.96 bits per heavy atom. The number of anilines is 1. The number of carbonyl (C=O) groups excluding carboxylic acids is 2. The van der Waals surface area contributed by atoms with E-state index in [4.69, 9.17) is 4.74 Å². The van der Waals surface area contributed by atoms with Crippen LogP contribution in [0.4, 0.5) is 5.69 Å². The molecule has 3 heterocycles. The van der Waals surface area contributed by atoms with Gasteiger partial charge in [0.25, 0.3) is 5.91 Å². The highest BCUT2D eigenvalue weighted by molar-refractivity contribution is 6.01. The molecule has 1 aliphatic rings. The lowest BCUT2D eigenvalue weighted by atomic mass is 10.2. The van der Waals surface area contributed by atoms with Gasteiger partial charge in [0.15, 0.2) is 0 Å². The van der Waals surface area contributed by atoms with E-state index < -0.39 is 0 Å². The number of amides is 2. The molecule has 0 aliphatic carbocycles. The van der Waals surface area contributed by atoms with Gasteiger partial charge in [-0.05, 0) is 18.2 Å². The molecule has 0 bridgehead atoms. The molecule has 0 atom stereocenters. The number of ether oxygens (including phenoxy) is 1. The maximum absolute atomic E-state index is 12.4. The summed E-state index contributed by atoms with van der Waals surface area (Å²) in [4.78, 5) is 35.9. The van der Waals surface area contributed by atoms with Crippen LogP contribution in [0.2, 0.25) is 0 Å². The SMILES string of the molecule is COc1cc(N2CCN(C(=O)c3ccncc3)CC2=O)ccn1. The summed E-state index contributed by atoms with van der Waals surface area (Å²) in [6, 6.07) is 6.75. The Kier molecular flexibility index (Phi) is 4.18. The van der Waals surface area contributed by atoms with Crippen LogP contribution >= 0.6 is 0 Å². The Bertz CT molecular complexity index is 720. The van der Waals surface area contributed by atoms with Crippen molar-refractivity contribution >= 4 is 17.5 Å². The van der Waals surface area contributed by atoms with Crippen LogP contribution < -0.4 is 9.64 Å². The van der Waals surface area contributed by atoms with E-state index in [0.29, 0.717) is 24.5 Å². The third-order valence-corrected chi connectivity index (χ3v) is 3.67. The number of nitrogens with zero attached hydrogens (tertiary/aromatic N) is 4. The smallest absolute Gasteiger partial charge is 0.254 e. The van der Waals surface area contributed by atoms with E-state index >= 15 is 0 Å². The van der Waals surface area contributed by atoms with Crippen LogP contribution in [0.5, 0.6) is 5.88 Å². The third-order valence-electron chi connectivity index (χ3n) is 3.67. The van der Waals surface area contributed by atoms with E-state index in [1.807, 2.05) is 0 Å². The van der Waals surface area contributed by atoms with Crippen molar-refractivity contribution in [2.24, 2.45) is 0 Å². The minimum absolute atomic E-state index is 0.0474. The van der Waals surface area contributed by atoms with Crippen LogP contribution in [0, 0.1) is 0 Å². The summed E-state index contributed by atoms with van der Waals surface area (Å²) in [6.07, 6.45) is 4.72. The Morgan fingerprint density at radius 1 is 1.17 bits per heavy atom. The molecule has 0 N–H and O–H groups in total. The maximum atomic E-state index is 12.4. The van der Waals surface area contributed by atoms with Gasteiger partial charge in [0.1, 0.15) is 6.54 Å². The van der Waals surface area contributed by atoms with E-state index in [-0.39, 0.29) is 18.4 Å². The van der Waals surface area contributed by atoms with Crippen molar-refractivity contribution < 1.29 is 14.3 Å². The summed E-state index contributed by atoms with van der Waals surface area (Å²) in [5.41, 5.74) is 1.25. The van der Waals surface area contributed by atoms with Crippen LogP contribution in [0.3, 0.4) is 0 Å². The standard InChI is InChI=1S/C16H16N4O3/c1-23-14-10-13(4-7-18-14)20-9-8-19(11-15(20)21)16(22)12-2-5-17-6-3-12/h2-7,10H,8-9,11H2,1H3. The zero-order chi connectivity index (χ0) is 16.2. The normalized spacial score (nSPS) is 14.7. The first kappa shape index (κ1) is 15.0. The molecule has 2 aromatic rings. The molecule has 3 rings (SSSR count). The Balaban J connectivity index is 1.72. The maximum Gasteiger partial charge on any atom is 0.254 e. The van der Waals surface area contributed by atoms with Gasteiger partial charge >= 0.3 is 0 Å². The predicted molar refractivity (Wildman–Crippen MR) is 83.3 cm³/mol. The molecular formula is C16H16N4O3. The first-order chi connectivity index (χ1) is 11.2. The highest BCUT2D eigenvalue weighted by Crippen LogP contribution is 2.21. The van der Waals surface area contributed by atoms with Crippen LogP contribution in [-0.4, -0.2) is 53.4 Å². The van der Waals surface area contributed by atoms with E-state index in [0.717, 1.165) is 5.69 Å². The minimum atomic E-state index is -0.160. The monoisotopic (exact) mass is 312 g/mol. The molecule has 2 amide bonds. The molecular weight excluding hydrogens is 296 g/mol. The van der Waals surface area contributed by atoms with Gasteiger partial charge in [-0.1, -0.05) is 0 Å². The van der Waals surface area contributed by atoms with Crippen molar-refractivity contribution in [3.05, 3.63) is 48.4 Å². The van der Waals surface area contributed by atoms with Crippen molar-refractivity contribution in [3.8, 4) is 5.88 Å². The van der Waals surface area contributed by atoms with Crippen molar-refractivity contribution in [2.75, 3.05) is 31.6 Å². The van der Waals surface area contributed by atoms with Gasteiger partial charge < -0.3 is 14.5 Å². The number of rotatable bonds is 3. The Labute approximate surface area is 133 Å². The number of hydrogen-bond donors (Lipinski definition) is 0. The number of methoxy groups -OCH3 is 1. The molecule has 0 spiro atoms. The van der Waals surface area contributed by atoms with Crippen LogP contribution in [-0.2, 0) is 4.79 Å². The number of aromatic nitrogens is 2. The molecule has 23 heavy (non-hydrogen) atoms. The average Bonchev–Trinajstić information content (AvgIpc) is 2.61. The summed E-state index contributed by atoms with van der Waals surface area (Å²) in [6.45, 7) is 0.951. The third kappa shape index (κ3) is 3.13. The lowest BCUT2D eigenvalue weighted by Crippen LogP contribution is -2.52. The fourth-order valence-electron chi connectivity index (χ4n) is 2.48. The second kappa shape index (κ2) is 6.43. The van der Waals surface area contributed by atoms with Crippen molar-refractivity contribution in [3.63, 3.8) is 0 Å². The highest BCUT2D eigenvalue weighted by Gasteiger charge is 2.28. The average molecular weight is 312 g/mol. The minimum Gasteiger partial charge on any atom is -0.481 e. The molecule has 118 valence electrons. The fraction of sp³-hybridized carbons (Fsp3) is 0.250. The molecule has 0 saturated carbocycles. The summed E-state index contributed by atoms with van der Waals surface area (Å²) in [7, 11) is 1.53. The largest absolute Gasteiger partial charge is 0.481 e. The molecule has 7 nitrogen and oxygen atoms in total. The van der Waals surface area contributed by atoms with Crippen LogP contribution in [0.15, 0.2) is 42.9 Å². The summed E-state index contributed by atoms with van der Waals surface area (Å²) in [5.74, 6) is 0.158. The van der Waals surface area contributed by atoms with Gasteiger partial charge in [-0.2, -0.15) is 0 Å². The molecule has 1 aliphatic heterocycles. The first-order valence-electron chi connectivity index (χ1n) is 7.19. The molecule has 1 saturated heterocycles. The van der Waals surface area contributed by atoms with Gasteiger partial charge in [0.2, 0.25) is 11.8 Å². The zero-order valence-corrected chi connectivity index (χ0v) is 12.7. The topological polar surface area (TPSA) is 75.6 Å². The predicted octanol–water partition coefficient (Wildman–Crippen LogP) is 0.974. The number of pyridine rings is 2. The van der Waals surface area contributed by atoms with Gasteiger partial charge in [-0.25, -0.2) is 4.98 Å². The van der Waals surface area contributed by atoms with Crippen LogP contribution in [0.25, 0.3) is 0 Å². The van der Waals surface area contributed by atoms with Gasteiger partial charge in [0.05, 0.1) is 12.8 Å². The number of piperazine rings is 1. The van der Waals surface area contributed by atoms with Crippen molar-refractivity contribution in [1.82, 2.24) is 14.9 Å². The van der Waals surface area contributed by atoms with E-state index in [1.54, 1.807) is 52.7 Å². The van der Waals surface area contributed by atoms with Gasteiger partial charge in [0, 0.05) is 43.3 Å². The molecule has 0 radical (unpaired) electrons. The number of hydrogen-bond acceptors (Lipinski definition) is 5. The summed E-state index contributed by atoms with van der Waals surface area (Å²) in [5, 5.41) is 0.